The first kappa shape index (κ1) is 26.8. The van der Waals surface area contributed by atoms with Crippen LogP contribution >= 0.6 is 11.6 Å². The van der Waals surface area contributed by atoms with Gasteiger partial charge in [-0.25, -0.2) is 9.48 Å². The molecule has 0 atom stereocenters. The highest BCUT2D eigenvalue weighted by Gasteiger charge is 2.25. The fraction of sp³-hybridized carbons (Fsp3) is 0.333. The molecule has 2 aromatic carbocycles. The van der Waals surface area contributed by atoms with Gasteiger partial charge in [-0.05, 0) is 44.0 Å². The van der Waals surface area contributed by atoms with Crippen LogP contribution in [-0.4, -0.2) is 41.2 Å². The van der Waals surface area contributed by atoms with Gasteiger partial charge in [0, 0.05) is 30.2 Å². The van der Waals surface area contributed by atoms with Crippen LogP contribution < -0.4 is 16.0 Å². The summed E-state index contributed by atoms with van der Waals surface area (Å²) < 4.78 is 1.55. The Bertz CT molecular complexity index is 1210. The molecule has 0 unspecified atom stereocenters. The number of anilines is 1. The second kappa shape index (κ2) is 13.3. The molecule has 36 heavy (non-hydrogen) atoms. The van der Waals surface area contributed by atoms with Crippen molar-refractivity contribution in [3.05, 3.63) is 75.9 Å². The maximum Gasteiger partial charge on any atom is 0.314 e. The number of ketones is 1. The first-order chi connectivity index (χ1) is 17.4. The summed E-state index contributed by atoms with van der Waals surface area (Å²) in [7, 11) is 0. The van der Waals surface area contributed by atoms with Crippen LogP contribution in [0.4, 0.5) is 10.6 Å². The number of rotatable bonds is 12. The van der Waals surface area contributed by atoms with Crippen molar-refractivity contribution < 1.29 is 9.59 Å². The largest absolute Gasteiger partial charge is 0.369 e. The number of carbonyl (C=O) groups excluding carboxylic acids is 2. The van der Waals surface area contributed by atoms with Crippen molar-refractivity contribution in [2.45, 2.75) is 39.5 Å². The first-order valence-corrected chi connectivity index (χ1v) is 12.5. The van der Waals surface area contributed by atoms with E-state index in [1.165, 1.54) is 0 Å². The number of urea groups is 1. The molecule has 0 radical (unpaired) electrons. The summed E-state index contributed by atoms with van der Waals surface area (Å²) in [4.78, 5) is 25.1. The van der Waals surface area contributed by atoms with Gasteiger partial charge in [0.25, 0.3) is 0 Å². The lowest BCUT2D eigenvalue weighted by atomic mass is 10.0. The molecule has 0 aliphatic carbocycles. The van der Waals surface area contributed by atoms with Gasteiger partial charge < -0.3 is 16.0 Å². The number of aromatic nitrogens is 2. The van der Waals surface area contributed by atoms with Crippen molar-refractivity contribution in [1.82, 2.24) is 20.4 Å². The third kappa shape index (κ3) is 7.09. The fourth-order valence-corrected chi connectivity index (χ4v) is 3.72. The highest BCUT2D eigenvalue weighted by atomic mass is 35.5. The van der Waals surface area contributed by atoms with Crippen LogP contribution in [0.3, 0.4) is 0 Å². The van der Waals surface area contributed by atoms with Gasteiger partial charge in [0.1, 0.15) is 17.5 Å². The van der Waals surface area contributed by atoms with E-state index in [-0.39, 0.29) is 23.1 Å². The zero-order valence-electron chi connectivity index (χ0n) is 20.6. The second-order valence-corrected chi connectivity index (χ2v) is 8.87. The van der Waals surface area contributed by atoms with Crippen LogP contribution in [-0.2, 0) is 0 Å². The molecule has 3 rings (SSSR count). The Hall–Kier alpha value is -3.83. The van der Waals surface area contributed by atoms with E-state index >= 15 is 0 Å². The molecule has 188 valence electrons. The highest BCUT2D eigenvalue weighted by molar-refractivity contribution is 6.30. The van der Waals surface area contributed by atoms with E-state index in [1.807, 2.05) is 19.1 Å². The number of benzene rings is 2. The Morgan fingerprint density at radius 2 is 1.64 bits per heavy atom. The summed E-state index contributed by atoms with van der Waals surface area (Å²) in [5.74, 6) is 0.0861. The summed E-state index contributed by atoms with van der Waals surface area (Å²) in [6.07, 6.45) is 3.76. The summed E-state index contributed by atoms with van der Waals surface area (Å²) in [5, 5.41) is 23.9. The number of nitrogens with zero attached hydrogens (tertiary/aromatic N) is 3. The predicted molar refractivity (Wildman–Crippen MR) is 142 cm³/mol. The third-order valence-corrected chi connectivity index (χ3v) is 5.85. The van der Waals surface area contributed by atoms with Gasteiger partial charge in [-0.1, -0.05) is 61.2 Å². The van der Waals surface area contributed by atoms with Gasteiger partial charge in [-0.2, -0.15) is 10.4 Å². The summed E-state index contributed by atoms with van der Waals surface area (Å²) in [5.41, 5.74) is 2.38. The van der Waals surface area contributed by atoms with E-state index in [0.717, 1.165) is 24.8 Å². The maximum absolute atomic E-state index is 13.2. The molecule has 3 aromatic rings. The van der Waals surface area contributed by atoms with Gasteiger partial charge in [0.05, 0.1) is 5.69 Å². The predicted octanol–water partition coefficient (Wildman–Crippen LogP) is 5.23. The molecule has 0 aliphatic rings. The number of carbonyl (C=O) groups is 2. The average Bonchev–Trinajstić information content (AvgIpc) is 3.25. The zero-order chi connectivity index (χ0) is 25.9. The highest BCUT2D eigenvalue weighted by Crippen LogP contribution is 2.26. The molecule has 0 saturated heterocycles. The van der Waals surface area contributed by atoms with Gasteiger partial charge in [0.15, 0.2) is 5.69 Å². The minimum Gasteiger partial charge on any atom is -0.369 e. The quantitative estimate of drug-likeness (QED) is 0.230. The number of unbranched alkanes of at least 4 members (excludes halogenated alkanes) is 2. The van der Waals surface area contributed by atoms with Crippen LogP contribution in [0.1, 0.15) is 59.8 Å². The van der Waals surface area contributed by atoms with Crippen LogP contribution in [0.25, 0.3) is 5.69 Å². The minimum atomic E-state index is -0.330. The van der Waals surface area contributed by atoms with Gasteiger partial charge in [0.2, 0.25) is 5.78 Å². The van der Waals surface area contributed by atoms with Gasteiger partial charge >= 0.3 is 6.03 Å². The standard InChI is InChI=1S/C27H31ClN6O2/c1-3-4-5-15-31-27(36)32-17-6-16-30-26-23(18-29)24(25(35)20-9-7-19(2)8-10-20)33-34(26)22-13-11-21(28)12-14-22/h7-14,30H,3-6,15-17H2,1-2H3,(H2,31,32,36). The van der Waals surface area contributed by atoms with Gasteiger partial charge in [-0.3, -0.25) is 4.79 Å². The molecular weight excluding hydrogens is 476 g/mol. The SMILES string of the molecule is CCCCCNC(=O)NCCCNc1c(C#N)c(C(=O)c2ccc(C)cc2)nn1-c1ccc(Cl)cc1. The number of nitrogens with one attached hydrogen (secondary N) is 3. The fourth-order valence-electron chi connectivity index (χ4n) is 3.59. The summed E-state index contributed by atoms with van der Waals surface area (Å²) in [6, 6.07) is 16.1. The minimum absolute atomic E-state index is 0.0726. The number of halogens is 1. The number of hydrogen-bond donors (Lipinski definition) is 3. The van der Waals surface area contributed by atoms with Crippen molar-refractivity contribution in [1.29, 1.82) is 5.26 Å². The van der Waals surface area contributed by atoms with Crippen LogP contribution in [0, 0.1) is 18.3 Å². The first-order valence-electron chi connectivity index (χ1n) is 12.1. The molecule has 0 fully saturated rings. The molecule has 3 N–H and O–H groups in total. The summed E-state index contributed by atoms with van der Waals surface area (Å²) >= 11 is 6.05. The smallest absolute Gasteiger partial charge is 0.314 e. The van der Waals surface area contributed by atoms with E-state index < -0.39 is 0 Å². The maximum atomic E-state index is 13.2. The van der Waals surface area contributed by atoms with E-state index in [0.29, 0.717) is 48.1 Å². The Morgan fingerprint density at radius 3 is 2.28 bits per heavy atom. The molecule has 1 heterocycles. The lowest BCUT2D eigenvalue weighted by molar-refractivity contribution is 0.103. The van der Waals surface area contributed by atoms with Crippen LogP contribution in [0.5, 0.6) is 0 Å². The Labute approximate surface area is 216 Å². The zero-order valence-corrected chi connectivity index (χ0v) is 21.4. The van der Waals surface area contributed by atoms with Crippen LogP contribution in [0.15, 0.2) is 48.5 Å². The number of aryl methyl sites for hydroxylation is 1. The summed E-state index contributed by atoms with van der Waals surface area (Å²) in [6.45, 7) is 5.63. The molecule has 2 amide bonds. The van der Waals surface area contributed by atoms with Crippen molar-refractivity contribution >= 4 is 29.2 Å². The van der Waals surface area contributed by atoms with Crippen molar-refractivity contribution in [2.24, 2.45) is 0 Å². The molecule has 0 bridgehead atoms. The van der Waals surface area contributed by atoms with E-state index in [4.69, 9.17) is 11.6 Å². The van der Waals surface area contributed by atoms with E-state index in [2.05, 4.69) is 34.0 Å². The van der Waals surface area contributed by atoms with Crippen molar-refractivity contribution in [3.63, 3.8) is 0 Å². The normalized spacial score (nSPS) is 10.5. The van der Waals surface area contributed by atoms with Gasteiger partial charge in [-0.15, -0.1) is 0 Å². The van der Waals surface area contributed by atoms with E-state index in [9.17, 15) is 14.9 Å². The molecule has 1 aromatic heterocycles. The topological polar surface area (TPSA) is 112 Å². The Kier molecular flexibility index (Phi) is 9.90. The van der Waals surface area contributed by atoms with Crippen molar-refractivity contribution in [2.75, 3.05) is 25.0 Å². The third-order valence-electron chi connectivity index (χ3n) is 5.59. The average molecular weight is 507 g/mol. The van der Waals surface area contributed by atoms with Crippen molar-refractivity contribution in [3.8, 4) is 11.8 Å². The number of nitriles is 1. The molecule has 9 heteroatoms. The lowest BCUT2D eigenvalue weighted by Crippen LogP contribution is -2.37. The molecule has 0 saturated carbocycles. The Morgan fingerprint density at radius 1 is 0.972 bits per heavy atom. The monoisotopic (exact) mass is 506 g/mol. The molecule has 0 spiro atoms. The molecule has 0 aliphatic heterocycles. The molecular formula is C27H31ClN6O2. The lowest BCUT2D eigenvalue weighted by Gasteiger charge is -2.11. The van der Waals surface area contributed by atoms with E-state index in [1.54, 1.807) is 41.1 Å². The number of amides is 2. The number of hydrogen-bond acceptors (Lipinski definition) is 5. The molecule has 8 nitrogen and oxygen atoms in total. The van der Waals surface area contributed by atoms with Crippen LogP contribution in [0.2, 0.25) is 5.02 Å². The second-order valence-electron chi connectivity index (χ2n) is 8.44. The Balaban J connectivity index is 1.75.